The second-order valence-electron chi connectivity index (χ2n) is 11.6. The van der Waals surface area contributed by atoms with Gasteiger partial charge in [-0.05, 0) is 116 Å². The molecular formula is C25H44O. The van der Waals surface area contributed by atoms with Crippen LogP contribution in [0, 0.1) is 52.3 Å². The highest BCUT2D eigenvalue weighted by atomic mass is 16.2. The lowest BCUT2D eigenvalue weighted by Crippen LogP contribution is -2.53. The molecule has 0 aromatic heterocycles. The Kier molecular flexibility index (Phi) is 5.26. The summed E-state index contributed by atoms with van der Waals surface area (Å²) in [6.45, 7) is 10.7. The summed E-state index contributed by atoms with van der Waals surface area (Å²) in [4.78, 5) is 0. The summed E-state index contributed by atoms with van der Waals surface area (Å²) in [5.41, 5.74) is 1.26. The van der Waals surface area contributed by atoms with Crippen LogP contribution in [0.5, 0.6) is 0 Å². The average Bonchev–Trinajstić information content (AvgIpc) is 2.97. The van der Waals surface area contributed by atoms with Gasteiger partial charge in [0.2, 0.25) is 0 Å². The first kappa shape index (κ1) is 19.3. The molecule has 4 aliphatic rings. The molecule has 0 spiro atoms. The van der Waals surface area contributed by atoms with Crippen LogP contribution in [0.4, 0.5) is 0 Å². The van der Waals surface area contributed by atoms with Gasteiger partial charge in [0.1, 0.15) is 0 Å². The maximum absolute atomic E-state index is 9.27. The zero-order chi connectivity index (χ0) is 18.5. The average molecular weight is 361 g/mol. The number of fused-ring (bicyclic) bond motifs is 5. The highest BCUT2D eigenvalue weighted by Gasteiger charge is 2.60. The molecule has 9 atom stereocenters. The number of rotatable bonds is 4. The molecule has 0 aliphatic heterocycles. The van der Waals surface area contributed by atoms with Crippen molar-refractivity contribution in [1.29, 1.82) is 0 Å². The fourth-order valence-electron chi connectivity index (χ4n) is 9.06. The molecule has 4 rings (SSSR count). The zero-order valence-corrected chi connectivity index (χ0v) is 18.0. The lowest BCUT2D eigenvalue weighted by atomic mass is 9.44. The Morgan fingerprint density at radius 2 is 1.65 bits per heavy atom. The van der Waals surface area contributed by atoms with Crippen LogP contribution in [0.15, 0.2) is 0 Å². The van der Waals surface area contributed by atoms with Crippen molar-refractivity contribution in [1.82, 2.24) is 0 Å². The van der Waals surface area contributed by atoms with Gasteiger partial charge in [-0.25, -0.2) is 0 Å². The third kappa shape index (κ3) is 2.90. The van der Waals surface area contributed by atoms with E-state index in [0.29, 0.717) is 17.4 Å². The molecule has 0 aromatic carbocycles. The monoisotopic (exact) mass is 360 g/mol. The lowest BCUT2D eigenvalue weighted by Gasteiger charge is -2.61. The SMILES string of the molecule is C[C@@H]1CC[C@@]2(C)[C@H](CC[C@@H]3[C@@H]2CC[C@]2(C)[C@@H]([C@H](C)CCCO)CC[C@@H]32)C1. The number of aliphatic hydroxyl groups is 1. The lowest BCUT2D eigenvalue weighted by molar-refractivity contribution is -0.120. The van der Waals surface area contributed by atoms with Gasteiger partial charge in [-0.1, -0.05) is 34.1 Å². The third-order valence-corrected chi connectivity index (χ3v) is 10.5. The van der Waals surface area contributed by atoms with Crippen molar-refractivity contribution in [3.63, 3.8) is 0 Å². The fourth-order valence-corrected chi connectivity index (χ4v) is 9.06. The molecular weight excluding hydrogens is 316 g/mol. The van der Waals surface area contributed by atoms with E-state index < -0.39 is 0 Å². The minimum Gasteiger partial charge on any atom is -0.396 e. The van der Waals surface area contributed by atoms with Crippen molar-refractivity contribution in [2.45, 2.75) is 98.3 Å². The van der Waals surface area contributed by atoms with Crippen LogP contribution >= 0.6 is 0 Å². The van der Waals surface area contributed by atoms with Gasteiger partial charge in [-0.3, -0.25) is 0 Å². The first-order chi connectivity index (χ1) is 12.4. The summed E-state index contributed by atoms with van der Waals surface area (Å²) >= 11 is 0. The second kappa shape index (κ2) is 7.09. The number of hydrogen-bond donors (Lipinski definition) is 1. The summed E-state index contributed by atoms with van der Waals surface area (Å²) < 4.78 is 0. The predicted molar refractivity (Wildman–Crippen MR) is 110 cm³/mol. The Bertz CT molecular complexity index is 500. The zero-order valence-electron chi connectivity index (χ0n) is 18.0. The molecule has 1 nitrogen and oxygen atoms in total. The molecule has 0 heterocycles. The van der Waals surface area contributed by atoms with Crippen LogP contribution < -0.4 is 0 Å². The third-order valence-electron chi connectivity index (χ3n) is 10.5. The van der Waals surface area contributed by atoms with Crippen LogP contribution in [0.1, 0.15) is 98.3 Å². The molecule has 26 heavy (non-hydrogen) atoms. The highest BCUT2D eigenvalue weighted by molar-refractivity contribution is 5.09. The Morgan fingerprint density at radius 3 is 2.42 bits per heavy atom. The van der Waals surface area contributed by atoms with Gasteiger partial charge in [-0.2, -0.15) is 0 Å². The Hall–Kier alpha value is -0.0400. The molecule has 0 saturated heterocycles. The molecule has 1 heteroatoms. The second-order valence-corrected chi connectivity index (χ2v) is 11.6. The summed E-state index contributed by atoms with van der Waals surface area (Å²) in [5.74, 6) is 6.77. The van der Waals surface area contributed by atoms with E-state index in [-0.39, 0.29) is 0 Å². The van der Waals surface area contributed by atoms with Crippen LogP contribution in [-0.4, -0.2) is 11.7 Å². The molecule has 0 bridgehead atoms. The molecule has 1 N–H and O–H groups in total. The predicted octanol–water partition coefficient (Wildman–Crippen LogP) is 6.69. The maximum Gasteiger partial charge on any atom is 0.0431 e. The molecule has 4 saturated carbocycles. The van der Waals surface area contributed by atoms with Gasteiger partial charge in [0, 0.05) is 6.61 Å². The van der Waals surface area contributed by atoms with Crippen molar-refractivity contribution in [3.05, 3.63) is 0 Å². The van der Waals surface area contributed by atoms with E-state index >= 15 is 0 Å². The topological polar surface area (TPSA) is 20.2 Å². The van der Waals surface area contributed by atoms with Crippen molar-refractivity contribution < 1.29 is 5.11 Å². The van der Waals surface area contributed by atoms with E-state index in [4.69, 9.17) is 0 Å². The molecule has 150 valence electrons. The van der Waals surface area contributed by atoms with Crippen molar-refractivity contribution in [2.24, 2.45) is 52.3 Å². The summed E-state index contributed by atoms with van der Waals surface area (Å²) in [7, 11) is 0. The Balaban J connectivity index is 1.52. The van der Waals surface area contributed by atoms with E-state index in [1.54, 1.807) is 0 Å². The van der Waals surface area contributed by atoms with Gasteiger partial charge >= 0.3 is 0 Å². The molecule has 0 amide bonds. The standard InChI is InChI=1S/C25H44O/c1-17-11-13-24(3)19(16-17)7-8-20-22-10-9-21(18(2)6-5-15-26)25(22,4)14-12-23(20)24/h17-23,26H,5-16H2,1-4H3/t17-,18-,19-,20+,21-,22+,23+,24+,25-/m1/s1. The van der Waals surface area contributed by atoms with E-state index in [1.165, 1.54) is 64.2 Å². The summed E-state index contributed by atoms with van der Waals surface area (Å²) in [6.07, 6.45) is 15.8. The van der Waals surface area contributed by atoms with Crippen LogP contribution in [-0.2, 0) is 0 Å². The minimum atomic E-state index is 0.375. The van der Waals surface area contributed by atoms with Crippen LogP contribution in [0.2, 0.25) is 0 Å². The maximum atomic E-state index is 9.27. The quantitative estimate of drug-likeness (QED) is 0.592. The summed E-state index contributed by atoms with van der Waals surface area (Å²) in [6, 6.07) is 0. The van der Waals surface area contributed by atoms with Gasteiger partial charge in [0.25, 0.3) is 0 Å². The number of aliphatic hydroxyl groups excluding tert-OH is 1. The van der Waals surface area contributed by atoms with E-state index in [2.05, 4.69) is 27.7 Å². The minimum absolute atomic E-state index is 0.375. The first-order valence-electron chi connectivity index (χ1n) is 12.0. The molecule has 0 radical (unpaired) electrons. The van der Waals surface area contributed by atoms with Gasteiger partial charge in [0.15, 0.2) is 0 Å². The normalized spacial score (nSPS) is 52.0. The molecule has 4 aliphatic carbocycles. The van der Waals surface area contributed by atoms with Gasteiger partial charge in [-0.15, -0.1) is 0 Å². The van der Waals surface area contributed by atoms with Crippen molar-refractivity contribution in [3.8, 4) is 0 Å². The first-order valence-corrected chi connectivity index (χ1v) is 12.0. The highest BCUT2D eigenvalue weighted by Crippen LogP contribution is 2.68. The Labute approximate surface area is 162 Å². The smallest absolute Gasteiger partial charge is 0.0431 e. The van der Waals surface area contributed by atoms with Crippen LogP contribution in [0.25, 0.3) is 0 Å². The largest absolute Gasteiger partial charge is 0.396 e. The Morgan fingerprint density at radius 1 is 0.923 bits per heavy atom. The van der Waals surface area contributed by atoms with E-state index in [9.17, 15) is 5.11 Å². The molecule has 0 aromatic rings. The van der Waals surface area contributed by atoms with Gasteiger partial charge < -0.3 is 5.11 Å². The van der Waals surface area contributed by atoms with E-state index in [0.717, 1.165) is 47.8 Å². The van der Waals surface area contributed by atoms with Gasteiger partial charge in [0.05, 0.1) is 0 Å². The number of hydrogen-bond acceptors (Lipinski definition) is 1. The molecule has 0 unspecified atom stereocenters. The van der Waals surface area contributed by atoms with Crippen molar-refractivity contribution >= 4 is 0 Å². The van der Waals surface area contributed by atoms with E-state index in [1.807, 2.05) is 0 Å². The molecule has 4 fully saturated rings. The summed E-state index contributed by atoms with van der Waals surface area (Å²) in [5, 5.41) is 9.27. The van der Waals surface area contributed by atoms with Crippen molar-refractivity contribution in [2.75, 3.05) is 6.61 Å². The van der Waals surface area contributed by atoms with Crippen LogP contribution in [0.3, 0.4) is 0 Å². The fraction of sp³-hybridized carbons (Fsp3) is 1.00.